The summed E-state index contributed by atoms with van der Waals surface area (Å²) < 4.78 is 10.6. The number of hydrogen-bond donors (Lipinski definition) is 1. The van der Waals surface area contributed by atoms with E-state index in [0.717, 1.165) is 23.0 Å². The molecule has 0 atom stereocenters. The van der Waals surface area contributed by atoms with Crippen LogP contribution in [0.25, 0.3) is 6.08 Å². The van der Waals surface area contributed by atoms with E-state index in [1.807, 2.05) is 18.2 Å². The summed E-state index contributed by atoms with van der Waals surface area (Å²) in [4.78, 5) is 16.4. The van der Waals surface area contributed by atoms with Crippen LogP contribution in [0.3, 0.4) is 0 Å². The summed E-state index contributed by atoms with van der Waals surface area (Å²) in [5.74, 6) is 3.12. The maximum atomic E-state index is 12.0. The Labute approximate surface area is 132 Å². The zero-order valence-electron chi connectivity index (χ0n) is 12.0. The molecule has 4 rings (SSSR count). The minimum absolute atomic E-state index is 0.145. The average Bonchev–Trinajstić information content (AvgIpc) is 3.04. The molecule has 0 radical (unpaired) electrons. The molecule has 0 bridgehead atoms. The molecule has 114 valence electrons. The maximum absolute atomic E-state index is 12.0. The number of benzene rings is 1. The SMILES string of the molecule is O=C1NC(SCC2CCC2)=N/C1=C/c1ccc2c(c1)OCO2. The van der Waals surface area contributed by atoms with E-state index >= 15 is 0 Å². The number of carbonyl (C=O) groups excluding carboxylic acids is 1. The molecule has 22 heavy (non-hydrogen) atoms. The lowest BCUT2D eigenvalue weighted by Gasteiger charge is -2.24. The summed E-state index contributed by atoms with van der Waals surface area (Å²) in [6, 6.07) is 5.60. The van der Waals surface area contributed by atoms with E-state index in [1.54, 1.807) is 17.8 Å². The molecule has 2 heterocycles. The van der Waals surface area contributed by atoms with E-state index in [0.29, 0.717) is 16.6 Å². The molecule has 1 amide bonds. The second kappa shape index (κ2) is 5.68. The topological polar surface area (TPSA) is 59.9 Å². The molecule has 2 aliphatic heterocycles. The average molecular weight is 316 g/mol. The summed E-state index contributed by atoms with van der Waals surface area (Å²) >= 11 is 1.64. The van der Waals surface area contributed by atoms with Gasteiger partial charge < -0.3 is 9.47 Å². The molecule has 1 N–H and O–H groups in total. The van der Waals surface area contributed by atoms with Crippen molar-refractivity contribution in [3.63, 3.8) is 0 Å². The van der Waals surface area contributed by atoms with Gasteiger partial charge in [0.1, 0.15) is 5.70 Å². The Bertz CT molecular complexity index is 680. The van der Waals surface area contributed by atoms with Gasteiger partial charge in [0.05, 0.1) is 0 Å². The molecule has 0 unspecified atom stereocenters. The summed E-state index contributed by atoms with van der Waals surface area (Å²) in [7, 11) is 0. The van der Waals surface area contributed by atoms with Gasteiger partial charge in [-0.1, -0.05) is 24.2 Å². The van der Waals surface area contributed by atoms with Gasteiger partial charge in [-0.25, -0.2) is 4.99 Å². The van der Waals surface area contributed by atoms with Crippen LogP contribution < -0.4 is 14.8 Å². The van der Waals surface area contributed by atoms with Gasteiger partial charge in [-0.15, -0.1) is 0 Å². The van der Waals surface area contributed by atoms with Crippen molar-refractivity contribution in [2.75, 3.05) is 12.5 Å². The molecule has 1 saturated carbocycles. The van der Waals surface area contributed by atoms with Crippen molar-refractivity contribution in [1.82, 2.24) is 5.32 Å². The van der Waals surface area contributed by atoms with E-state index in [-0.39, 0.29) is 12.7 Å². The van der Waals surface area contributed by atoms with Gasteiger partial charge in [-0.2, -0.15) is 0 Å². The first-order valence-corrected chi connectivity index (χ1v) is 8.41. The number of hydrogen-bond acceptors (Lipinski definition) is 5. The quantitative estimate of drug-likeness (QED) is 0.871. The monoisotopic (exact) mass is 316 g/mol. The Balaban J connectivity index is 1.48. The van der Waals surface area contributed by atoms with Crippen LogP contribution in [0.2, 0.25) is 0 Å². The van der Waals surface area contributed by atoms with Crippen LogP contribution in [0.1, 0.15) is 24.8 Å². The van der Waals surface area contributed by atoms with Crippen LogP contribution in [-0.2, 0) is 4.79 Å². The number of ether oxygens (including phenoxy) is 2. The van der Waals surface area contributed by atoms with Gasteiger partial charge in [0.15, 0.2) is 16.7 Å². The minimum atomic E-state index is -0.145. The second-order valence-corrected chi connectivity index (χ2v) is 6.63. The third kappa shape index (κ3) is 2.70. The number of aliphatic imine (C=N–C) groups is 1. The van der Waals surface area contributed by atoms with Crippen molar-refractivity contribution < 1.29 is 14.3 Å². The molecular weight excluding hydrogens is 300 g/mol. The molecule has 1 aromatic carbocycles. The Morgan fingerprint density at radius 3 is 3.00 bits per heavy atom. The molecular formula is C16H16N2O3S. The van der Waals surface area contributed by atoms with Gasteiger partial charge >= 0.3 is 0 Å². The maximum Gasteiger partial charge on any atom is 0.275 e. The van der Waals surface area contributed by atoms with Crippen LogP contribution in [-0.4, -0.2) is 23.6 Å². The highest BCUT2D eigenvalue weighted by molar-refractivity contribution is 8.13. The van der Waals surface area contributed by atoms with Crippen molar-refractivity contribution in [3.8, 4) is 11.5 Å². The van der Waals surface area contributed by atoms with Crippen LogP contribution in [0, 0.1) is 5.92 Å². The van der Waals surface area contributed by atoms with Gasteiger partial charge in [0.2, 0.25) is 6.79 Å². The van der Waals surface area contributed by atoms with E-state index in [1.165, 1.54) is 19.3 Å². The van der Waals surface area contributed by atoms with Gasteiger partial charge in [-0.05, 0) is 42.5 Å². The summed E-state index contributed by atoms with van der Waals surface area (Å²) in [5.41, 5.74) is 1.32. The minimum Gasteiger partial charge on any atom is -0.454 e. The van der Waals surface area contributed by atoms with Crippen molar-refractivity contribution in [2.45, 2.75) is 19.3 Å². The fourth-order valence-corrected chi connectivity index (χ4v) is 3.59. The second-order valence-electron chi connectivity index (χ2n) is 5.62. The first-order chi connectivity index (χ1) is 10.8. The Kier molecular flexibility index (Phi) is 3.54. The molecule has 1 fully saturated rings. The van der Waals surface area contributed by atoms with Crippen LogP contribution in [0.15, 0.2) is 28.9 Å². The lowest BCUT2D eigenvalue weighted by atomic mass is 9.87. The van der Waals surface area contributed by atoms with E-state index < -0.39 is 0 Å². The number of amides is 1. The fourth-order valence-electron chi connectivity index (χ4n) is 2.53. The standard InChI is InChI=1S/C16H16N2O3S/c19-15-12(17-16(18-15)22-8-10-2-1-3-10)6-11-4-5-13-14(7-11)21-9-20-13/h4-7,10H,1-3,8-9H2,(H,17,18,19)/b12-6+. The highest BCUT2D eigenvalue weighted by Crippen LogP contribution is 2.34. The third-order valence-electron chi connectivity index (χ3n) is 4.06. The molecule has 0 saturated heterocycles. The molecule has 1 aromatic rings. The predicted molar refractivity (Wildman–Crippen MR) is 85.9 cm³/mol. The summed E-state index contributed by atoms with van der Waals surface area (Å²) in [6.07, 6.45) is 5.70. The van der Waals surface area contributed by atoms with Crippen LogP contribution in [0.5, 0.6) is 11.5 Å². The number of fused-ring (bicyclic) bond motifs is 1. The molecule has 5 nitrogen and oxygen atoms in total. The van der Waals surface area contributed by atoms with Crippen molar-refractivity contribution in [1.29, 1.82) is 0 Å². The molecule has 0 spiro atoms. The Morgan fingerprint density at radius 1 is 1.32 bits per heavy atom. The lowest BCUT2D eigenvalue weighted by Crippen LogP contribution is -2.23. The van der Waals surface area contributed by atoms with Crippen molar-refractivity contribution in [2.24, 2.45) is 10.9 Å². The van der Waals surface area contributed by atoms with E-state index in [2.05, 4.69) is 10.3 Å². The van der Waals surface area contributed by atoms with Crippen molar-refractivity contribution in [3.05, 3.63) is 29.5 Å². The number of carbonyl (C=O) groups is 1. The zero-order valence-corrected chi connectivity index (χ0v) is 12.8. The summed E-state index contributed by atoms with van der Waals surface area (Å²) in [6.45, 7) is 0.246. The zero-order chi connectivity index (χ0) is 14.9. The van der Waals surface area contributed by atoms with Gasteiger partial charge in [0, 0.05) is 5.75 Å². The molecule has 0 aromatic heterocycles. The van der Waals surface area contributed by atoms with Crippen LogP contribution >= 0.6 is 11.8 Å². The van der Waals surface area contributed by atoms with Crippen molar-refractivity contribution >= 4 is 28.9 Å². The Morgan fingerprint density at radius 2 is 2.18 bits per heavy atom. The first-order valence-electron chi connectivity index (χ1n) is 7.42. The number of nitrogens with zero attached hydrogens (tertiary/aromatic N) is 1. The highest BCUT2D eigenvalue weighted by atomic mass is 32.2. The smallest absolute Gasteiger partial charge is 0.275 e. The van der Waals surface area contributed by atoms with E-state index in [4.69, 9.17) is 9.47 Å². The highest BCUT2D eigenvalue weighted by Gasteiger charge is 2.23. The molecule has 3 aliphatic rings. The number of rotatable bonds is 3. The number of thioether (sulfide) groups is 1. The predicted octanol–water partition coefficient (Wildman–Crippen LogP) is 2.78. The third-order valence-corrected chi connectivity index (χ3v) is 5.16. The molecule has 6 heteroatoms. The van der Waals surface area contributed by atoms with Gasteiger partial charge in [0.25, 0.3) is 5.91 Å². The number of nitrogens with one attached hydrogen (secondary N) is 1. The van der Waals surface area contributed by atoms with Gasteiger partial charge in [-0.3, -0.25) is 10.1 Å². The fraction of sp³-hybridized carbons (Fsp3) is 0.375. The lowest BCUT2D eigenvalue weighted by molar-refractivity contribution is -0.115. The normalized spacial score (nSPS) is 21.7. The van der Waals surface area contributed by atoms with Crippen LogP contribution in [0.4, 0.5) is 0 Å². The molecule has 1 aliphatic carbocycles. The number of amidine groups is 1. The largest absolute Gasteiger partial charge is 0.454 e. The first kappa shape index (κ1) is 13.7. The Hall–Kier alpha value is -1.95. The summed E-state index contributed by atoms with van der Waals surface area (Å²) in [5, 5.41) is 3.54. The van der Waals surface area contributed by atoms with E-state index in [9.17, 15) is 4.79 Å².